The summed E-state index contributed by atoms with van der Waals surface area (Å²) in [4.78, 5) is 0. The second-order valence-electron chi connectivity index (χ2n) is 3.14. The fourth-order valence-corrected chi connectivity index (χ4v) is 1.09. The maximum atomic E-state index is 12.8. The molecule has 1 aromatic carbocycles. The van der Waals surface area contributed by atoms with Crippen molar-refractivity contribution in [3.63, 3.8) is 0 Å². The van der Waals surface area contributed by atoms with E-state index in [-0.39, 0.29) is 5.82 Å². The van der Waals surface area contributed by atoms with Crippen LogP contribution in [0.1, 0.15) is 0 Å². The number of ether oxygens (including phenoxy) is 3. The molecule has 2 N–H and O–H groups in total. The normalized spacial score (nSPS) is 10.4. The molecule has 1 rings (SSSR count). The number of anilines is 1. The van der Waals surface area contributed by atoms with Crippen LogP contribution in [0.5, 0.6) is 5.75 Å². The molecule has 0 spiro atoms. The summed E-state index contributed by atoms with van der Waals surface area (Å²) < 4.78 is 28.1. The van der Waals surface area contributed by atoms with E-state index in [9.17, 15) is 4.39 Å². The maximum absolute atomic E-state index is 12.8. The van der Waals surface area contributed by atoms with E-state index in [4.69, 9.17) is 19.9 Å². The van der Waals surface area contributed by atoms with E-state index in [0.29, 0.717) is 37.9 Å². The Hall–Kier alpha value is -1.33. The van der Waals surface area contributed by atoms with Crippen LogP contribution in [0.2, 0.25) is 0 Å². The molecular weight excluding hydrogens is 213 g/mol. The quantitative estimate of drug-likeness (QED) is 0.568. The first-order valence-electron chi connectivity index (χ1n) is 4.98. The van der Waals surface area contributed by atoms with Gasteiger partial charge in [-0.15, -0.1) is 0 Å². The van der Waals surface area contributed by atoms with Crippen molar-refractivity contribution in [2.75, 3.05) is 39.3 Å². The van der Waals surface area contributed by atoms with Crippen LogP contribution in [0.3, 0.4) is 0 Å². The molecule has 0 fully saturated rings. The Morgan fingerprint density at radius 2 is 1.94 bits per heavy atom. The standard InChI is InChI=1S/C11H16FNO3/c1-14-4-5-15-6-7-16-11-8-9(12)2-3-10(11)13/h2-3,8H,4-7,13H2,1H3. The Bertz CT molecular complexity index is 320. The van der Waals surface area contributed by atoms with E-state index in [1.165, 1.54) is 18.2 Å². The number of methoxy groups -OCH3 is 1. The molecule has 5 heteroatoms. The minimum Gasteiger partial charge on any atom is -0.489 e. The molecule has 0 radical (unpaired) electrons. The summed E-state index contributed by atoms with van der Waals surface area (Å²) in [6.45, 7) is 1.80. The van der Waals surface area contributed by atoms with Gasteiger partial charge >= 0.3 is 0 Å². The van der Waals surface area contributed by atoms with Crippen molar-refractivity contribution in [2.24, 2.45) is 0 Å². The van der Waals surface area contributed by atoms with Crippen molar-refractivity contribution in [1.29, 1.82) is 0 Å². The molecule has 0 aromatic heterocycles. The van der Waals surface area contributed by atoms with E-state index in [1.54, 1.807) is 7.11 Å². The third-order valence-electron chi connectivity index (χ3n) is 1.89. The summed E-state index contributed by atoms with van der Waals surface area (Å²) >= 11 is 0. The van der Waals surface area contributed by atoms with Crippen LogP contribution in [0.4, 0.5) is 10.1 Å². The van der Waals surface area contributed by atoms with Crippen LogP contribution < -0.4 is 10.5 Å². The molecule has 90 valence electrons. The Balaban J connectivity index is 2.23. The zero-order chi connectivity index (χ0) is 11.8. The maximum Gasteiger partial charge on any atom is 0.145 e. The Labute approximate surface area is 94.1 Å². The van der Waals surface area contributed by atoms with Crippen LogP contribution in [-0.2, 0) is 9.47 Å². The molecule has 0 atom stereocenters. The number of benzene rings is 1. The summed E-state index contributed by atoms with van der Waals surface area (Å²) in [6.07, 6.45) is 0. The molecular formula is C11H16FNO3. The smallest absolute Gasteiger partial charge is 0.145 e. The lowest BCUT2D eigenvalue weighted by molar-refractivity contribution is 0.0545. The number of hydrogen-bond donors (Lipinski definition) is 1. The van der Waals surface area contributed by atoms with Crippen molar-refractivity contribution in [2.45, 2.75) is 0 Å². The second kappa shape index (κ2) is 7.03. The lowest BCUT2D eigenvalue weighted by Crippen LogP contribution is -2.10. The van der Waals surface area contributed by atoms with Crippen LogP contribution in [-0.4, -0.2) is 33.5 Å². The van der Waals surface area contributed by atoms with Gasteiger partial charge in [-0.3, -0.25) is 0 Å². The largest absolute Gasteiger partial charge is 0.489 e. The lowest BCUT2D eigenvalue weighted by atomic mass is 10.3. The van der Waals surface area contributed by atoms with Gasteiger partial charge in [-0.25, -0.2) is 4.39 Å². The zero-order valence-corrected chi connectivity index (χ0v) is 9.24. The second-order valence-corrected chi connectivity index (χ2v) is 3.14. The summed E-state index contributed by atoms with van der Waals surface area (Å²) in [7, 11) is 1.60. The number of rotatable bonds is 7. The Morgan fingerprint density at radius 1 is 1.19 bits per heavy atom. The van der Waals surface area contributed by atoms with Crippen molar-refractivity contribution >= 4 is 5.69 Å². The molecule has 4 nitrogen and oxygen atoms in total. The molecule has 0 aliphatic rings. The predicted octanol–water partition coefficient (Wildman–Crippen LogP) is 1.45. The van der Waals surface area contributed by atoms with Crippen LogP contribution in [0.25, 0.3) is 0 Å². The van der Waals surface area contributed by atoms with Crippen molar-refractivity contribution in [3.05, 3.63) is 24.0 Å². The van der Waals surface area contributed by atoms with Crippen molar-refractivity contribution in [1.82, 2.24) is 0 Å². The van der Waals surface area contributed by atoms with Gasteiger partial charge in [0.15, 0.2) is 0 Å². The SMILES string of the molecule is COCCOCCOc1cc(F)ccc1N. The fourth-order valence-electron chi connectivity index (χ4n) is 1.09. The van der Waals surface area contributed by atoms with Gasteiger partial charge in [0.25, 0.3) is 0 Å². The molecule has 0 saturated heterocycles. The van der Waals surface area contributed by atoms with Crippen molar-refractivity contribution in [3.8, 4) is 5.75 Å². The molecule has 0 bridgehead atoms. The van der Waals surface area contributed by atoms with E-state index >= 15 is 0 Å². The summed E-state index contributed by atoms with van der Waals surface area (Å²) in [6, 6.07) is 4.01. The van der Waals surface area contributed by atoms with E-state index in [0.717, 1.165) is 0 Å². The third-order valence-corrected chi connectivity index (χ3v) is 1.89. The number of nitrogen functional groups attached to an aromatic ring is 1. The predicted molar refractivity (Wildman–Crippen MR) is 59.0 cm³/mol. The summed E-state index contributed by atoms with van der Waals surface area (Å²) in [5.74, 6) is -0.0279. The molecule has 1 aromatic rings. The first-order chi connectivity index (χ1) is 7.74. The van der Waals surface area contributed by atoms with Gasteiger partial charge < -0.3 is 19.9 Å². The number of nitrogens with two attached hydrogens (primary N) is 1. The minimum absolute atomic E-state index is 0.331. The molecule has 16 heavy (non-hydrogen) atoms. The van der Waals surface area contributed by atoms with Crippen LogP contribution >= 0.6 is 0 Å². The fraction of sp³-hybridized carbons (Fsp3) is 0.455. The number of hydrogen-bond acceptors (Lipinski definition) is 4. The third kappa shape index (κ3) is 4.46. The summed E-state index contributed by atoms with van der Waals surface area (Å²) in [5.41, 5.74) is 6.01. The van der Waals surface area contributed by atoms with Crippen molar-refractivity contribution < 1.29 is 18.6 Å². The Kier molecular flexibility index (Phi) is 5.60. The monoisotopic (exact) mass is 229 g/mol. The zero-order valence-electron chi connectivity index (χ0n) is 9.24. The van der Waals surface area contributed by atoms with Gasteiger partial charge in [0.2, 0.25) is 0 Å². The van der Waals surface area contributed by atoms with Gasteiger partial charge in [0.05, 0.1) is 25.5 Å². The highest BCUT2D eigenvalue weighted by molar-refractivity contribution is 5.52. The first-order valence-corrected chi connectivity index (χ1v) is 4.98. The van der Waals surface area contributed by atoms with Gasteiger partial charge in [-0.1, -0.05) is 0 Å². The minimum atomic E-state index is -0.371. The first kappa shape index (κ1) is 12.7. The molecule has 0 heterocycles. The van der Waals surface area contributed by atoms with E-state index < -0.39 is 0 Å². The van der Waals surface area contributed by atoms with Crippen LogP contribution in [0, 0.1) is 5.82 Å². The topological polar surface area (TPSA) is 53.7 Å². The Morgan fingerprint density at radius 3 is 2.69 bits per heavy atom. The average Bonchev–Trinajstić information content (AvgIpc) is 2.28. The van der Waals surface area contributed by atoms with E-state index in [1.807, 2.05) is 0 Å². The molecule has 0 unspecified atom stereocenters. The molecule has 0 aliphatic heterocycles. The molecule has 0 aliphatic carbocycles. The van der Waals surface area contributed by atoms with Gasteiger partial charge in [0, 0.05) is 13.2 Å². The van der Waals surface area contributed by atoms with Gasteiger partial charge in [-0.05, 0) is 12.1 Å². The average molecular weight is 229 g/mol. The van der Waals surface area contributed by atoms with Gasteiger partial charge in [-0.2, -0.15) is 0 Å². The highest BCUT2D eigenvalue weighted by atomic mass is 19.1. The molecule has 0 amide bonds. The summed E-state index contributed by atoms with van der Waals surface area (Å²) in [5, 5.41) is 0. The highest BCUT2D eigenvalue weighted by Crippen LogP contribution is 2.21. The lowest BCUT2D eigenvalue weighted by Gasteiger charge is -2.09. The molecule has 0 saturated carbocycles. The highest BCUT2D eigenvalue weighted by Gasteiger charge is 2.01. The van der Waals surface area contributed by atoms with Crippen LogP contribution in [0.15, 0.2) is 18.2 Å². The number of halogens is 1. The van der Waals surface area contributed by atoms with E-state index in [2.05, 4.69) is 0 Å². The van der Waals surface area contributed by atoms with Gasteiger partial charge in [0.1, 0.15) is 18.2 Å².